The largest absolute Gasteiger partial charge is 0.484 e. The second-order valence-electron chi connectivity index (χ2n) is 4.26. The van der Waals surface area contributed by atoms with Crippen molar-refractivity contribution in [1.29, 1.82) is 0 Å². The quantitative estimate of drug-likeness (QED) is 0.445. The number of rotatable bonds is 4. The molecule has 1 aliphatic heterocycles. The van der Waals surface area contributed by atoms with Crippen molar-refractivity contribution in [3.8, 4) is 5.75 Å². The number of aryl methyl sites for hydroxylation is 1. The number of nitrogens with zero attached hydrogens (tertiary/aromatic N) is 1. The Hall–Kier alpha value is -1.62. The van der Waals surface area contributed by atoms with E-state index < -0.39 is 4.92 Å². The highest BCUT2D eigenvalue weighted by Gasteiger charge is 2.40. The Kier molecular flexibility index (Phi) is 2.55. The molecule has 0 saturated carbocycles. The standard InChI is InChI=1S/C11H13NO4/c1-8-3-4-9(12(13)14)10(5-8)15-6-11(2)7-16-11/h3-5H,6-7H2,1-2H3. The number of epoxide rings is 1. The Morgan fingerprint density at radius 2 is 2.31 bits per heavy atom. The first kappa shape index (κ1) is 10.9. The number of benzene rings is 1. The maximum atomic E-state index is 10.8. The smallest absolute Gasteiger partial charge is 0.310 e. The zero-order valence-electron chi connectivity index (χ0n) is 9.23. The van der Waals surface area contributed by atoms with Crippen LogP contribution in [0.15, 0.2) is 18.2 Å². The molecule has 2 rings (SSSR count). The average Bonchev–Trinajstić information content (AvgIpc) is 2.94. The molecule has 5 nitrogen and oxygen atoms in total. The molecule has 0 radical (unpaired) electrons. The van der Waals surface area contributed by atoms with Crippen molar-refractivity contribution in [2.24, 2.45) is 0 Å². The van der Waals surface area contributed by atoms with Crippen LogP contribution in [-0.4, -0.2) is 23.7 Å². The first-order valence-corrected chi connectivity index (χ1v) is 5.02. The molecule has 0 bridgehead atoms. The Morgan fingerprint density at radius 3 is 2.88 bits per heavy atom. The third kappa shape index (κ3) is 2.30. The van der Waals surface area contributed by atoms with Gasteiger partial charge in [0.2, 0.25) is 0 Å². The third-order valence-electron chi connectivity index (χ3n) is 2.48. The van der Waals surface area contributed by atoms with Crippen molar-refractivity contribution in [3.05, 3.63) is 33.9 Å². The lowest BCUT2D eigenvalue weighted by Gasteiger charge is -2.09. The summed E-state index contributed by atoms with van der Waals surface area (Å²) in [5, 5.41) is 10.8. The van der Waals surface area contributed by atoms with Crippen LogP contribution < -0.4 is 4.74 Å². The molecule has 0 spiro atoms. The van der Waals surface area contributed by atoms with Crippen molar-refractivity contribution >= 4 is 5.69 Å². The summed E-state index contributed by atoms with van der Waals surface area (Å²) in [7, 11) is 0. The molecule has 0 aliphatic carbocycles. The summed E-state index contributed by atoms with van der Waals surface area (Å²) in [5.41, 5.74) is 0.662. The minimum absolute atomic E-state index is 0.00477. The van der Waals surface area contributed by atoms with Gasteiger partial charge in [0, 0.05) is 6.07 Å². The van der Waals surface area contributed by atoms with Gasteiger partial charge in [0.25, 0.3) is 0 Å². The SMILES string of the molecule is Cc1ccc([N+](=O)[O-])c(OCC2(C)CO2)c1. The minimum atomic E-state index is -0.440. The van der Waals surface area contributed by atoms with Crippen LogP contribution in [0.4, 0.5) is 5.69 Å². The number of ether oxygens (including phenoxy) is 2. The molecule has 1 aliphatic rings. The normalized spacial score (nSPS) is 22.9. The second kappa shape index (κ2) is 3.75. The molecule has 1 heterocycles. The van der Waals surface area contributed by atoms with Gasteiger partial charge in [0.05, 0.1) is 11.5 Å². The van der Waals surface area contributed by atoms with Gasteiger partial charge in [-0.05, 0) is 25.5 Å². The van der Waals surface area contributed by atoms with Crippen LogP contribution in [0, 0.1) is 17.0 Å². The summed E-state index contributed by atoms with van der Waals surface area (Å²) in [6.07, 6.45) is 0. The molecule has 86 valence electrons. The number of hydrogen-bond acceptors (Lipinski definition) is 4. The molecule has 0 N–H and O–H groups in total. The van der Waals surface area contributed by atoms with Crippen LogP contribution in [0.3, 0.4) is 0 Å². The lowest BCUT2D eigenvalue weighted by molar-refractivity contribution is -0.385. The Bertz CT molecular complexity index is 426. The molecular weight excluding hydrogens is 210 g/mol. The molecule has 1 fully saturated rings. The van der Waals surface area contributed by atoms with Gasteiger partial charge in [0.1, 0.15) is 12.2 Å². The molecule has 1 aromatic carbocycles. The van der Waals surface area contributed by atoms with E-state index in [1.807, 2.05) is 13.8 Å². The van der Waals surface area contributed by atoms with Crippen LogP contribution in [0.1, 0.15) is 12.5 Å². The monoisotopic (exact) mass is 223 g/mol. The van der Waals surface area contributed by atoms with Crippen LogP contribution in [0.2, 0.25) is 0 Å². The highest BCUT2D eigenvalue weighted by Crippen LogP contribution is 2.31. The lowest BCUT2D eigenvalue weighted by Crippen LogP contribution is -2.17. The van der Waals surface area contributed by atoms with Crippen molar-refractivity contribution < 1.29 is 14.4 Å². The van der Waals surface area contributed by atoms with Gasteiger partial charge in [-0.2, -0.15) is 0 Å². The first-order chi connectivity index (χ1) is 7.50. The van der Waals surface area contributed by atoms with E-state index in [-0.39, 0.29) is 11.3 Å². The predicted molar refractivity (Wildman–Crippen MR) is 57.7 cm³/mol. The van der Waals surface area contributed by atoms with E-state index in [2.05, 4.69) is 0 Å². The summed E-state index contributed by atoms with van der Waals surface area (Å²) in [6.45, 7) is 4.77. The van der Waals surface area contributed by atoms with E-state index >= 15 is 0 Å². The van der Waals surface area contributed by atoms with E-state index in [0.29, 0.717) is 19.0 Å². The predicted octanol–water partition coefficient (Wildman–Crippen LogP) is 2.07. The summed E-state index contributed by atoms with van der Waals surface area (Å²) in [4.78, 5) is 10.3. The molecule has 1 saturated heterocycles. The minimum Gasteiger partial charge on any atom is -0.484 e. The van der Waals surface area contributed by atoms with Crippen LogP contribution >= 0.6 is 0 Å². The van der Waals surface area contributed by atoms with E-state index in [4.69, 9.17) is 9.47 Å². The summed E-state index contributed by atoms with van der Waals surface area (Å²) >= 11 is 0. The molecule has 16 heavy (non-hydrogen) atoms. The topological polar surface area (TPSA) is 64.9 Å². The number of hydrogen-bond donors (Lipinski definition) is 0. The fourth-order valence-electron chi connectivity index (χ4n) is 1.32. The van der Waals surface area contributed by atoms with Crippen molar-refractivity contribution in [1.82, 2.24) is 0 Å². The molecular formula is C11H13NO4. The van der Waals surface area contributed by atoms with Gasteiger partial charge in [-0.15, -0.1) is 0 Å². The Morgan fingerprint density at radius 1 is 1.62 bits per heavy atom. The third-order valence-corrected chi connectivity index (χ3v) is 2.48. The molecule has 5 heteroatoms. The van der Waals surface area contributed by atoms with Gasteiger partial charge in [-0.25, -0.2) is 0 Å². The van der Waals surface area contributed by atoms with Crippen molar-refractivity contribution in [3.63, 3.8) is 0 Å². The Labute approximate surface area is 93.1 Å². The highest BCUT2D eigenvalue weighted by atomic mass is 16.6. The second-order valence-corrected chi connectivity index (χ2v) is 4.26. The summed E-state index contributed by atoms with van der Waals surface area (Å²) < 4.78 is 10.6. The first-order valence-electron chi connectivity index (χ1n) is 5.02. The van der Waals surface area contributed by atoms with Crippen LogP contribution in [-0.2, 0) is 4.74 Å². The zero-order chi connectivity index (χ0) is 11.8. The van der Waals surface area contributed by atoms with Gasteiger partial charge < -0.3 is 9.47 Å². The molecule has 0 aromatic heterocycles. The van der Waals surface area contributed by atoms with Crippen LogP contribution in [0.25, 0.3) is 0 Å². The van der Waals surface area contributed by atoms with Gasteiger partial charge in [-0.1, -0.05) is 6.07 Å². The fourth-order valence-corrected chi connectivity index (χ4v) is 1.32. The molecule has 1 aromatic rings. The maximum Gasteiger partial charge on any atom is 0.310 e. The van der Waals surface area contributed by atoms with E-state index in [0.717, 1.165) is 5.56 Å². The fraction of sp³-hybridized carbons (Fsp3) is 0.455. The van der Waals surface area contributed by atoms with E-state index in [1.54, 1.807) is 12.1 Å². The highest BCUT2D eigenvalue weighted by molar-refractivity contribution is 5.48. The summed E-state index contributed by atoms with van der Waals surface area (Å²) in [6, 6.07) is 4.82. The lowest BCUT2D eigenvalue weighted by atomic mass is 10.2. The maximum absolute atomic E-state index is 10.8. The molecule has 1 atom stereocenters. The van der Waals surface area contributed by atoms with Crippen molar-refractivity contribution in [2.75, 3.05) is 13.2 Å². The number of nitro groups is 1. The average molecular weight is 223 g/mol. The van der Waals surface area contributed by atoms with Crippen LogP contribution in [0.5, 0.6) is 5.75 Å². The molecule has 1 unspecified atom stereocenters. The molecule has 0 amide bonds. The van der Waals surface area contributed by atoms with Gasteiger partial charge >= 0.3 is 5.69 Å². The van der Waals surface area contributed by atoms with E-state index in [1.165, 1.54) is 6.07 Å². The summed E-state index contributed by atoms with van der Waals surface area (Å²) in [5.74, 6) is 0.307. The van der Waals surface area contributed by atoms with E-state index in [9.17, 15) is 10.1 Å². The Balaban J connectivity index is 2.16. The van der Waals surface area contributed by atoms with Crippen molar-refractivity contribution in [2.45, 2.75) is 19.4 Å². The van der Waals surface area contributed by atoms with Gasteiger partial charge in [-0.3, -0.25) is 10.1 Å². The number of nitro benzene ring substituents is 1. The zero-order valence-corrected chi connectivity index (χ0v) is 9.23. The van der Waals surface area contributed by atoms with Gasteiger partial charge in [0.15, 0.2) is 5.75 Å².